The highest BCUT2D eigenvalue weighted by atomic mass is 35.5. The van der Waals surface area contributed by atoms with Gasteiger partial charge in [0.25, 0.3) is 0 Å². The Balaban J connectivity index is 1.36. The second-order valence-corrected chi connectivity index (χ2v) is 8.00. The maximum Gasteiger partial charge on any atom is 0.307 e. The van der Waals surface area contributed by atoms with Gasteiger partial charge in [-0.1, -0.05) is 23.2 Å². The summed E-state index contributed by atoms with van der Waals surface area (Å²) in [6.07, 6.45) is -0.0448. The molecule has 0 unspecified atom stereocenters. The molecule has 0 saturated heterocycles. The monoisotopic (exact) mass is 425 g/mol. The van der Waals surface area contributed by atoms with Crippen molar-refractivity contribution in [3.05, 3.63) is 45.9 Å². The Labute approximate surface area is 169 Å². The lowest BCUT2D eigenvalue weighted by atomic mass is 10.2. The predicted octanol–water partition coefficient (Wildman–Crippen LogP) is 4.27. The zero-order chi connectivity index (χ0) is 19.0. The summed E-state index contributed by atoms with van der Waals surface area (Å²) >= 11 is 13.4. The van der Waals surface area contributed by atoms with E-state index in [1.165, 1.54) is 11.8 Å². The van der Waals surface area contributed by atoms with E-state index in [-0.39, 0.29) is 25.7 Å². The summed E-state index contributed by atoms with van der Waals surface area (Å²) in [7, 11) is 0. The van der Waals surface area contributed by atoms with Crippen LogP contribution in [0, 0.1) is 0 Å². The lowest BCUT2D eigenvalue weighted by Gasteiger charge is -2.23. The van der Waals surface area contributed by atoms with Crippen LogP contribution in [0.3, 0.4) is 0 Å². The van der Waals surface area contributed by atoms with Crippen molar-refractivity contribution < 1.29 is 23.8 Å². The molecule has 9 heteroatoms. The number of carbonyl (C=O) groups is 2. The molecule has 1 amide bonds. The Morgan fingerprint density at radius 2 is 2.11 bits per heavy atom. The topological polar surface area (TPSA) is 73.9 Å². The van der Waals surface area contributed by atoms with E-state index in [0.717, 1.165) is 4.90 Å². The number of carbonyl (C=O) groups excluding carboxylic acids is 2. The molecular formula is C18H13Cl2NO5S. The molecular weight excluding hydrogens is 413 g/mol. The number of anilines is 1. The Morgan fingerprint density at radius 3 is 2.96 bits per heavy atom. The van der Waals surface area contributed by atoms with Crippen LogP contribution in [-0.4, -0.2) is 23.9 Å². The van der Waals surface area contributed by atoms with Crippen molar-refractivity contribution in [3.8, 4) is 11.5 Å². The zero-order valence-corrected chi connectivity index (χ0v) is 16.1. The fourth-order valence-corrected chi connectivity index (χ4v) is 4.27. The molecule has 0 aliphatic carbocycles. The van der Waals surface area contributed by atoms with Crippen LogP contribution in [0.1, 0.15) is 12.0 Å². The molecule has 0 fully saturated rings. The summed E-state index contributed by atoms with van der Waals surface area (Å²) in [5.74, 6) is 0.276. The van der Waals surface area contributed by atoms with Gasteiger partial charge in [-0.25, -0.2) is 0 Å². The molecule has 1 atom stereocenters. The third kappa shape index (κ3) is 3.95. The SMILES string of the molecule is O=C(C[C@H]1Sc2ccc(Cl)cc2NC1=O)OCc1cc(Cl)c2c(c1)OCO2. The van der Waals surface area contributed by atoms with Crippen LogP contribution in [0.15, 0.2) is 35.2 Å². The molecule has 2 aromatic carbocycles. The lowest BCUT2D eigenvalue weighted by Crippen LogP contribution is -2.31. The quantitative estimate of drug-likeness (QED) is 0.737. The second kappa shape index (κ2) is 7.50. The van der Waals surface area contributed by atoms with E-state index in [1.54, 1.807) is 24.3 Å². The summed E-state index contributed by atoms with van der Waals surface area (Å²) in [6, 6.07) is 8.60. The molecule has 0 bridgehead atoms. The number of esters is 1. The molecule has 0 radical (unpaired) electrons. The van der Waals surface area contributed by atoms with Crippen LogP contribution in [-0.2, 0) is 20.9 Å². The molecule has 0 spiro atoms. The van der Waals surface area contributed by atoms with Gasteiger partial charge in [0, 0.05) is 9.92 Å². The summed E-state index contributed by atoms with van der Waals surface area (Å²) in [5.41, 5.74) is 1.33. The number of hydrogen-bond donors (Lipinski definition) is 1. The van der Waals surface area contributed by atoms with Crippen LogP contribution >= 0.6 is 35.0 Å². The average molecular weight is 426 g/mol. The van der Waals surface area contributed by atoms with Gasteiger partial charge >= 0.3 is 5.97 Å². The average Bonchev–Trinajstić information content (AvgIpc) is 3.10. The summed E-state index contributed by atoms with van der Waals surface area (Å²) < 4.78 is 15.8. The zero-order valence-electron chi connectivity index (χ0n) is 13.8. The van der Waals surface area contributed by atoms with Gasteiger partial charge in [0.15, 0.2) is 11.5 Å². The Bertz CT molecular complexity index is 936. The number of hydrogen-bond acceptors (Lipinski definition) is 6. The van der Waals surface area contributed by atoms with E-state index in [4.69, 9.17) is 37.4 Å². The predicted molar refractivity (Wildman–Crippen MR) is 102 cm³/mol. The minimum atomic E-state index is -0.563. The highest BCUT2D eigenvalue weighted by Crippen LogP contribution is 2.40. The van der Waals surface area contributed by atoms with E-state index in [9.17, 15) is 9.59 Å². The van der Waals surface area contributed by atoms with Gasteiger partial charge in [0.2, 0.25) is 12.7 Å². The van der Waals surface area contributed by atoms with Crippen molar-refractivity contribution in [1.29, 1.82) is 0 Å². The number of benzene rings is 2. The smallest absolute Gasteiger partial charge is 0.307 e. The number of amides is 1. The first-order chi connectivity index (χ1) is 13.0. The van der Waals surface area contributed by atoms with Gasteiger partial charge in [0.05, 0.1) is 22.4 Å². The highest BCUT2D eigenvalue weighted by Gasteiger charge is 2.30. The van der Waals surface area contributed by atoms with Crippen molar-refractivity contribution in [3.63, 3.8) is 0 Å². The fraction of sp³-hybridized carbons (Fsp3) is 0.222. The van der Waals surface area contributed by atoms with Gasteiger partial charge in [0.1, 0.15) is 6.61 Å². The lowest BCUT2D eigenvalue weighted by molar-refractivity contribution is -0.145. The van der Waals surface area contributed by atoms with Crippen molar-refractivity contribution in [2.45, 2.75) is 23.2 Å². The minimum absolute atomic E-state index is 0.0282. The Morgan fingerprint density at radius 1 is 1.26 bits per heavy atom. The molecule has 2 heterocycles. The van der Waals surface area contributed by atoms with E-state index >= 15 is 0 Å². The van der Waals surface area contributed by atoms with Crippen molar-refractivity contribution >= 4 is 52.5 Å². The second-order valence-electron chi connectivity index (χ2n) is 5.91. The molecule has 4 rings (SSSR count). The number of rotatable bonds is 4. The Kier molecular flexibility index (Phi) is 5.08. The van der Waals surface area contributed by atoms with Crippen LogP contribution in [0.4, 0.5) is 5.69 Å². The minimum Gasteiger partial charge on any atom is -0.461 e. The van der Waals surface area contributed by atoms with Crippen molar-refractivity contribution in [2.75, 3.05) is 12.1 Å². The summed E-state index contributed by atoms with van der Waals surface area (Å²) in [6.45, 7) is 0.138. The van der Waals surface area contributed by atoms with Crippen molar-refractivity contribution in [1.82, 2.24) is 0 Å². The number of halogens is 2. The normalized spacial score (nSPS) is 17.3. The van der Waals surface area contributed by atoms with Crippen LogP contribution in [0.25, 0.3) is 0 Å². The van der Waals surface area contributed by atoms with E-state index in [1.807, 2.05) is 6.07 Å². The van der Waals surface area contributed by atoms with Gasteiger partial charge in [-0.3, -0.25) is 9.59 Å². The Hall–Kier alpha value is -2.09. The first-order valence-corrected chi connectivity index (χ1v) is 9.64. The first-order valence-electron chi connectivity index (χ1n) is 8.00. The molecule has 2 aliphatic heterocycles. The maximum absolute atomic E-state index is 12.2. The van der Waals surface area contributed by atoms with Gasteiger partial charge in [-0.05, 0) is 35.9 Å². The van der Waals surface area contributed by atoms with Crippen LogP contribution < -0.4 is 14.8 Å². The highest BCUT2D eigenvalue weighted by molar-refractivity contribution is 8.01. The van der Waals surface area contributed by atoms with Gasteiger partial charge in [-0.15, -0.1) is 11.8 Å². The largest absolute Gasteiger partial charge is 0.461 e. The summed E-state index contributed by atoms with van der Waals surface area (Å²) in [5, 5.41) is 3.14. The van der Waals surface area contributed by atoms with Crippen LogP contribution in [0.2, 0.25) is 10.0 Å². The first kappa shape index (κ1) is 18.3. The standard InChI is InChI=1S/C18H13Cl2NO5S/c19-10-1-2-14-12(5-10)21-18(23)15(27-14)6-16(22)24-7-9-3-11(20)17-13(4-9)25-8-26-17/h1-5,15H,6-8H2,(H,21,23)/t15-/m1/s1. The maximum atomic E-state index is 12.2. The number of thioether (sulfide) groups is 1. The summed E-state index contributed by atoms with van der Waals surface area (Å²) in [4.78, 5) is 25.3. The van der Waals surface area contributed by atoms with E-state index < -0.39 is 11.2 Å². The van der Waals surface area contributed by atoms with Gasteiger partial charge < -0.3 is 19.5 Å². The third-order valence-corrected chi connectivity index (χ3v) is 5.79. The number of nitrogens with one attached hydrogen (secondary N) is 1. The van der Waals surface area contributed by atoms with Gasteiger partial charge in [-0.2, -0.15) is 0 Å². The molecule has 2 aromatic rings. The molecule has 0 aromatic heterocycles. The van der Waals surface area contributed by atoms with Crippen LogP contribution in [0.5, 0.6) is 11.5 Å². The fourth-order valence-electron chi connectivity index (χ4n) is 2.74. The third-order valence-electron chi connectivity index (χ3n) is 4.00. The molecule has 27 heavy (non-hydrogen) atoms. The molecule has 6 nitrogen and oxygen atoms in total. The molecule has 140 valence electrons. The van der Waals surface area contributed by atoms with Crippen molar-refractivity contribution in [2.24, 2.45) is 0 Å². The number of fused-ring (bicyclic) bond motifs is 2. The molecule has 2 aliphatic rings. The molecule has 0 saturated carbocycles. The van der Waals surface area contributed by atoms with E-state index in [2.05, 4.69) is 5.32 Å². The molecule has 1 N–H and O–H groups in total. The number of ether oxygens (including phenoxy) is 3. The van der Waals surface area contributed by atoms with E-state index in [0.29, 0.717) is 32.8 Å².